The zero-order chi connectivity index (χ0) is 12.8. The molecule has 0 aliphatic heterocycles. The summed E-state index contributed by atoms with van der Waals surface area (Å²) in [5, 5.41) is 0. The van der Waals surface area contributed by atoms with E-state index in [4.69, 9.17) is 0 Å². The molecule has 0 bridgehead atoms. The van der Waals surface area contributed by atoms with E-state index in [0.29, 0.717) is 0 Å². The van der Waals surface area contributed by atoms with Crippen molar-refractivity contribution in [2.24, 2.45) is 0 Å². The van der Waals surface area contributed by atoms with Crippen molar-refractivity contribution in [3.05, 3.63) is 0 Å². The SMILES string of the molecule is CCCSSS[Si](C(C)C)(C(C)C)C(C)C. The fourth-order valence-electron chi connectivity index (χ4n) is 2.49. The first-order chi connectivity index (χ1) is 7.39. The highest BCUT2D eigenvalue weighted by Gasteiger charge is 2.44. The third-order valence-electron chi connectivity index (χ3n) is 3.22. The van der Waals surface area contributed by atoms with Crippen LogP contribution in [0, 0.1) is 0 Å². The molecule has 0 aromatic carbocycles. The molecule has 0 saturated carbocycles. The highest BCUT2D eigenvalue weighted by Crippen LogP contribution is 2.56. The fraction of sp³-hybridized carbons (Fsp3) is 1.00. The minimum Gasteiger partial charge on any atom is -0.109 e. The standard InChI is InChI=1S/C12H28S3Si/c1-8-9-13-14-15-16(10(2)3,11(4)5)12(6)7/h10-12H,8-9H2,1-7H3. The van der Waals surface area contributed by atoms with Crippen LogP contribution < -0.4 is 0 Å². The third-order valence-corrected chi connectivity index (χ3v) is 21.7. The maximum absolute atomic E-state index is 2.43. The van der Waals surface area contributed by atoms with Crippen molar-refractivity contribution in [3.8, 4) is 0 Å². The van der Waals surface area contributed by atoms with Crippen LogP contribution in [-0.2, 0) is 0 Å². The molecule has 98 valence electrons. The molecule has 4 heteroatoms. The maximum Gasteiger partial charge on any atom is 0.139 e. The molecular weight excluding hydrogens is 268 g/mol. The first-order valence-corrected chi connectivity index (χ1v) is 13.0. The maximum atomic E-state index is 2.43. The summed E-state index contributed by atoms with van der Waals surface area (Å²) in [6.07, 6.45) is 1.29. The minimum absolute atomic E-state index is 0.868. The lowest BCUT2D eigenvalue weighted by Crippen LogP contribution is -2.40. The van der Waals surface area contributed by atoms with Gasteiger partial charge in [-0.15, -0.1) is 10.2 Å². The largest absolute Gasteiger partial charge is 0.139 e. The lowest BCUT2D eigenvalue weighted by Gasteiger charge is -2.41. The Balaban J connectivity index is 4.52. The van der Waals surface area contributed by atoms with Crippen LogP contribution in [0.2, 0.25) is 16.6 Å². The van der Waals surface area contributed by atoms with Crippen LogP contribution in [0.3, 0.4) is 0 Å². The average Bonchev–Trinajstić information content (AvgIpc) is 2.16. The zero-order valence-electron chi connectivity index (χ0n) is 11.9. The van der Waals surface area contributed by atoms with Gasteiger partial charge in [0.25, 0.3) is 0 Å². The van der Waals surface area contributed by atoms with Crippen LogP contribution in [0.4, 0.5) is 0 Å². The lowest BCUT2D eigenvalue weighted by atomic mass is 10.5. The van der Waals surface area contributed by atoms with Gasteiger partial charge in [-0.3, -0.25) is 0 Å². The summed E-state index contributed by atoms with van der Waals surface area (Å²) in [5.74, 6) is 1.29. The van der Waals surface area contributed by atoms with Crippen LogP contribution >= 0.6 is 30.9 Å². The van der Waals surface area contributed by atoms with Crippen molar-refractivity contribution in [2.75, 3.05) is 5.75 Å². The smallest absolute Gasteiger partial charge is 0.109 e. The Morgan fingerprint density at radius 3 is 1.62 bits per heavy atom. The second-order valence-corrected chi connectivity index (χ2v) is 17.9. The molecule has 0 spiro atoms. The van der Waals surface area contributed by atoms with Crippen molar-refractivity contribution in [1.82, 2.24) is 0 Å². The summed E-state index contributed by atoms with van der Waals surface area (Å²) in [5.41, 5.74) is 2.60. The zero-order valence-corrected chi connectivity index (χ0v) is 15.3. The van der Waals surface area contributed by atoms with Gasteiger partial charge in [0.2, 0.25) is 0 Å². The average molecular weight is 297 g/mol. The van der Waals surface area contributed by atoms with Crippen LogP contribution in [0.25, 0.3) is 0 Å². The third kappa shape index (κ3) is 4.50. The van der Waals surface area contributed by atoms with Crippen molar-refractivity contribution in [2.45, 2.75) is 71.5 Å². The Kier molecular flexibility index (Phi) is 9.05. The Labute approximate surface area is 115 Å². The van der Waals surface area contributed by atoms with Gasteiger partial charge in [-0.1, -0.05) is 59.3 Å². The van der Waals surface area contributed by atoms with Crippen molar-refractivity contribution in [3.63, 3.8) is 0 Å². The van der Waals surface area contributed by atoms with E-state index < -0.39 is 7.22 Å². The number of rotatable bonds is 8. The molecule has 0 aromatic heterocycles. The summed E-state index contributed by atoms with van der Waals surface area (Å²) in [6, 6.07) is 0. The molecular formula is C12H28S3Si. The quantitative estimate of drug-likeness (QED) is 0.281. The molecule has 0 atom stereocenters. The van der Waals surface area contributed by atoms with Crippen LogP contribution in [-0.4, -0.2) is 13.0 Å². The molecule has 0 amide bonds. The molecule has 0 aliphatic rings. The Hall–Kier alpha value is 1.27. The van der Waals surface area contributed by atoms with Gasteiger partial charge < -0.3 is 0 Å². The topological polar surface area (TPSA) is 0 Å². The second kappa shape index (κ2) is 8.38. The summed E-state index contributed by atoms with van der Waals surface area (Å²) in [4.78, 5) is 0. The fourth-order valence-corrected chi connectivity index (χ4v) is 22.2. The molecule has 0 nitrogen and oxygen atoms in total. The summed E-state index contributed by atoms with van der Waals surface area (Å²) in [6.45, 7) is 16.9. The Bertz CT molecular complexity index is 159. The van der Waals surface area contributed by atoms with Gasteiger partial charge in [0.05, 0.1) is 0 Å². The van der Waals surface area contributed by atoms with E-state index in [1.165, 1.54) is 12.2 Å². The van der Waals surface area contributed by atoms with E-state index in [0.717, 1.165) is 16.6 Å². The molecule has 0 heterocycles. The summed E-state index contributed by atoms with van der Waals surface area (Å²) in [7, 11) is 5.14. The number of hydrogen-bond acceptors (Lipinski definition) is 3. The molecule has 0 fully saturated rings. The van der Waals surface area contributed by atoms with Gasteiger partial charge in [-0.05, 0) is 32.9 Å². The van der Waals surface area contributed by atoms with Crippen molar-refractivity contribution in [1.29, 1.82) is 0 Å². The molecule has 16 heavy (non-hydrogen) atoms. The van der Waals surface area contributed by atoms with Gasteiger partial charge in [-0.2, -0.15) is 0 Å². The predicted molar refractivity (Wildman–Crippen MR) is 89.0 cm³/mol. The highest BCUT2D eigenvalue weighted by molar-refractivity contribution is 9.14. The molecule has 0 saturated heterocycles. The number of hydrogen-bond donors (Lipinski definition) is 0. The predicted octanol–water partition coefficient (Wildman–Crippen LogP) is 6.60. The van der Waals surface area contributed by atoms with Crippen molar-refractivity contribution < 1.29 is 0 Å². The highest BCUT2D eigenvalue weighted by atomic mass is 33.5. The lowest BCUT2D eigenvalue weighted by molar-refractivity contribution is 0.852. The van der Waals surface area contributed by atoms with E-state index in [1.54, 1.807) is 0 Å². The monoisotopic (exact) mass is 296 g/mol. The van der Waals surface area contributed by atoms with Crippen molar-refractivity contribution >= 4 is 38.1 Å². The van der Waals surface area contributed by atoms with E-state index in [9.17, 15) is 0 Å². The summed E-state index contributed by atoms with van der Waals surface area (Å²) >= 11 is 0. The van der Waals surface area contributed by atoms with Gasteiger partial charge in [0, 0.05) is 5.75 Å². The molecule has 0 unspecified atom stereocenters. The van der Waals surface area contributed by atoms with E-state index >= 15 is 0 Å². The molecule has 0 aliphatic carbocycles. The normalized spacial score (nSPS) is 13.1. The second-order valence-electron chi connectivity index (χ2n) is 5.29. The molecule has 0 aromatic rings. The molecule has 0 rings (SSSR count). The molecule has 0 N–H and O–H groups in total. The minimum atomic E-state index is -1.22. The first kappa shape index (κ1) is 17.3. The van der Waals surface area contributed by atoms with Gasteiger partial charge in [0.15, 0.2) is 0 Å². The van der Waals surface area contributed by atoms with Crippen LogP contribution in [0.5, 0.6) is 0 Å². The van der Waals surface area contributed by atoms with Gasteiger partial charge in [0.1, 0.15) is 7.22 Å². The Morgan fingerprint density at radius 2 is 1.31 bits per heavy atom. The van der Waals surface area contributed by atoms with Gasteiger partial charge >= 0.3 is 0 Å². The summed E-state index contributed by atoms with van der Waals surface area (Å²) < 4.78 is 0. The van der Waals surface area contributed by atoms with Crippen LogP contribution in [0.1, 0.15) is 54.9 Å². The molecule has 0 radical (unpaired) electrons. The van der Waals surface area contributed by atoms with E-state index in [2.05, 4.69) is 68.5 Å². The van der Waals surface area contributed by atoms with E-state index in [1.807, 2.05) is 10.8 Å². The van der Waals surface area contributed by atoms with Gasteiger partial charge in [-0.25, -0.2) is 0 Å². The van der Waals surface area contributed by atoms with Crippen LogP contribution in [0.15, 0.2) is 0 Å². The first-order valence-electron chi connectivity index (χ1n) is 6.36. The Morgan fingerprint density at radius 1 is 0.875 bits per heavy atom. The van der Waals surface area contributed by atoms with E-state index in [-0.39, 0.29) is 0 Å².